The molecule has 0 saturated heterocycles. The summed E-state index contributed by atoms with van der Waals surface area (Å²) in [5.41, 5.74) is 1.48. The zero-order valence-corrected chi connectivity index (χ0v) is 22.1. The lowest BCUT2D eigenvalue weighted by Gasteiger charge is -2.19. The molecule has 0 aliphatic heterocycles. The molecule has 0 aliphatic rings. The van der Waals surface area contributed by atoms with E-state index < -0.39 is 5.97 Å². The zero-order valence-electron chi connectivity index (χ0n) is 22.1. The van der Waals surface area contributed by atoms with Crippen molar-refractivity contribution >= 4 is 40.0 Å². The molecular weight excluding hydrogens is 474 g/mol. The molecule has 0 unspecified atom stereocenters. The predicted molar refractivity (Wildman–Crippen MR) is 144 cm³/mol. The molecule has 0 fully saturated rings. The molecule has 1 heterocycles. The van der Waals surface area contributed by atoms with Crippen LogP contribution in [-0.2, 0) is 9.59 Å². The van der Waals surface area contributed by atoms with Crippen LogP contribution in [0.25, 0.3) is 10.9 Å². The van der Waals surface area contributed by atoms with Gasteiger partial charge in [0, 0.05) is 31.3 Å². The summed E-state index contributed by atoms with van der Waals surface area (Å²) < 4.78 is 17.2. The number of anilines is 3. The van der Waals surface area contributed by atoms with Crippen LogP contribution >= 0.6 is 0 Å². The van der Waals surface area contributed by atoms with Gasteiger partial charge < -0.3 is 29.7 Å². The van der Waals surface area contributed by atoms with Crippen LogP contribution in [0.4, 0.5) is 17.2 Å². The summed E-state index contributed by atoms with van der Waals surface area (Å²) >= 11 is 0. The highest BCUT2D eigenvalue weighted by Gasteiger charge is 2.17. The number of methoxy groups -OCH3 is 1. The Morgan fingerprint density at radius 2 is 1.78 bits per heavy atom. The highest BCUT2D eigenvalue weighted by atomic mass is 16.5. The summed E-state index contributed by atoms with van der Waals surface area (Å²) in [5, 5.41) is 6.64. The third-order valence-electron chi connectivity index (χ3n) is 5.77. The van der Waals surface area contributed by atoms with E-state index in [-0.39, 0.29) is 18.1 Å². The lowest BCUT2D eigenvalue weighted by atomic mass is 10.2. The number of carbonyl (C=O) groups excluding carboxylic acids is 2. The molecule has 0 saturated carbocycles. The third kappa shape index (κ3) is 7.29. The number of carbonyl (C=O) groups is 2. The first-order valence-corrected chi connectivity index (χ1v) is 12.5. The molecule has 198 valence electrons. The van der Waals surface area contributed by atoms with E-state index in [2.05, 4.69) is 39.3 Å². The fourth-order valence-electron chi connectivity index (χ4n) is 3.79. The summed E-state index contributed by atoms with van der Waals surface area (Å²) in [6, 6.07) is 8.79. The summed E-state index contributed by atoms with van der Waals surface area (Å²) in [6.07, 6.45) is 2.49. The number of benzene rings is 2. The van der Waals surface area contributed by atoms with E-state index in [1.807, 2.05) is 6.07 Å². The van der Waals surface area contributed by atoms with Gasteiger partial charge in [0.15, 0.2) is 17.2 Å². The van der Waals surface area contributed by atoms with Gasteiger partial charge in [0.1, 0.15) is 12.1 Å². The van der Waals surface area contributed by atoms with Crippen molar-refractivity contribution in [2.75, 3.05) is 44.0 Å². The first-order valence-electron chi connectivity index (χ1n) is 12.5. The largest absolute Gasteiger partial charge is 0.493 e. The number of rotatable bonds is 13. The van der Waals surface area contributed by atoms with Crippen molar-refractivity contribution in [2.24, 2.45) is 0 Å². The van der Waals surface area contributed by atoms with Crippen molar-refractivity contribution in [1.82, 2.24) is 14.9 Å². The van der Waals surface area contributed by atoms with Gasteiger partial charge in [-0.15, -0.1) is 0 Å². The topological polar surface area (TPSA) is 115 Å². The number of hydrogen-bond donors (Lipinski definition) is 2. The standard InChI is InChI=1S/C27H35N5O5/c1-6-25(34)37-26-20(30-18(4)33)11-9-12-21(26)31-27-19-15-24(36-14-10-13-32(7-2)8-3)23(35-5)16-22(19)28-17-29-27/h9,11-12,15-17H,6-8,10,13-14H2,1-5H3,(H,30,33)(H,28,29,31). The van der Waals surface area contributed by atoms with Crippen LogP contribution in [-0.4, -0.2) is 60.1 Å². The highest BCUT2D eigenvalue weighted by molar-refractivity contribution is 5.96. The second-order valence-corrected chi connectivity index (χ2v) is 8.29. The molecule has 3 rings (SSSR count). The highest BCUT2D eigenvalue weighted by Crippen LogP contribution is 2.38. The summed E-state index contributed by atoms with van der Waals surface area (Å²) in [7, 11) is 1.59. The van der Waals surface area contributed by atoms with Gasteiger partial charge in [-0.05, 0) is 37.7 Å². The summed E-state index contributed by atoms with van der Waals surface area (Å²) in [5.74, 6) is 1.13. The van der Waals surface area contributed by atoms with Crippen molar-refractivity contribution in [2.45, 2.75) is 40.5 Å². The van der Waals surface area contributed by atoms with Crippen molar-refractivity contribution in [3.05, 3.63) is 36.7 Å². The van der Waals surface area contributed by atoms with E-state index >= 15 is 0 Å². The van der Waals surface area contributed by atoms with Crippen molar-refractivity contribution in [3.63, 3.8) is 0 Å². The average Bonchev–Trinajstić information content (AvgIpc) is 2.89. The number of nitrogens with zero attached hydrogens (tertiary/aromatic N) is 3. The maximum absolute atomic E-state index is 12.1. The molecule has 0 spiro atoms. The number of fused-ring (bicyclic) bond motifs is 1. The number of nitrogens with one attached hydrogen (secondary N) is 2. The van der Waals surface area contributed by atoms with Gasteiger partial charge in [-0.3, -0.25) is 9.59 Å². The van der Waals surface area contributed by atoms with Gasteiger partial charge in [0.25, 0.3) is 0 Å². The van der Waals surface area contributed by atoms with Gasteiger partial charge >= 0.3 is 5.97 Å². The number of amides is 1. The number of aromatic nitrogens is 2. The molecule has 0 radical (unpaired) electrons. The maximum atomic E-state index is 12.1. The Hall–Kier alpha value is -3.92. The predicted octanol–water partition coefficient (Wildman–Crippen LogP) is 4.77. The van der Waals surface area contributed by atoms with E-state index in [0.29, 0.717) is 46.2 Å². The molecule has 10 heteroatoms. The normalized spacial score (nSPS) is 10.9. The average molecular weight is 510 g/mol. The molecule has 0 aliphatic carbocycles. The lowest BCUT2D eigenvalue weighted by molar-refractivity contribution is -0.134. The third-order valence-corrected chi connectivity index (χ3v) is 5.77. The van der Waals surface area contributed by atoms with Crippen LogP contribution in [0.15, 0.2) is 36.7 Å². The molecule has 1 amide bonds. The van der Waals surface area contributed by atoms with Crippen LogP contribution in [0.2, 0.25) is 0 Å². The van der Waals surface area contributed by atoms with Crippen LogP contribution in [0.3, 0.4) is 0 Å². The molecule has 0 atom stereocenters. The first kappa shape index (κ1) is 27.7. The fourth-order valence-corrected chi connectivity index (χ4v) is 3.79. The van der Waals surface area contributed by atoms with Gasteiger partial charge in [0.2, 0.25) is 5.91 Å². The quantitative estimate of drug-likeness (QED) is 0.191. The monoisotopic (exact) mass is 509 g/mol. The van der Waals surface area contributed by atoms with E-state index in [1.165, 1.54) is 13.3 Å². The zero-order chi connectivity index (χ0) is 26.8. The Balaban J connectivity index is 1.94. The SMILES string of the molecule is CCC(=O)Oc1c(NC(C)=O)cccc1Nc1ncnc2cc(OC)c(OCCCN(CC)CC)cc12. The molecule has 10 nitrogen and oxygen atoms in total. The molecule has 37 heavy (non-hydrogen) atoms. The molecule has 0 bridgehead atoms. The molecular formula is C27H35N5O5. The van der Waals surface area contributed by atoms with Crippen molar-refractivity contribution < 1.29 is 23.8 Å². The minimum Gasteiger partial charge on any atom is -0.493 e. The van der Waals surface area contributed by atoms with E-state index in [4.69, 9.17) is 14.2 Å². The van der Waals surface area contributed by atoms with Gasteiger partial charge in [-0.1, -0.05) is 26.8 Å². The Morgan fingerprint density at radius 3 is 2.46 bits per heavy atom. The van der Waals surface area contributed by atoms with Crippen LogP contribution in [0, 0.1) is 0 Å². The van der Waals surface area contributed by atoms with Gasteiger partial charge in [-0.2, -0.15) is 0 Å². The molecule has 2 N–H and O–H groups in total. The first-order chi connectivity index (χ1) is 17.9. The van der Waals surface area contributed by atoms with Crippen LogP contribution in [0.5, 0.6) is 17.2 Å². The van der Waals surface area contributed by atoms with Crippen molar-refractivity contribution in [3.8, 4) is 17.2 Å². The molecule has 2 aromatic carbocycles. The second-order valence-electron chi connectivity index (χ2n) is 8.29. The van der Waals surface area contributed by atoms with Crippen LogP contribution in [0.1, 0.15) is 40.5 Å². The Labute approximate surface area is 217 Å². The number of ether oxygens (including phenoxy) is 3. The molecule has 1 aromatic heterocycles. The van der Waals surface area contributed by atoms with Crippen LogP contribution < -0.4 is 24.8 Å². The van der Waals surface area contributed by atoms with Crippen molar-refractivity contribution in [1.29, 1.82) is 0 Å². The number of para-hydroxylation sites is 1. The van der Waals surface area contributed by atoms with Gasteiger partial charge in [-0.25, -0.2) is 9.97 Å². The minimum atomic E-state index is -0.432. The lowest BCUT2D eigenvalue weighted by Crippen LogP contribution is -2.25. The van der Waals surface area contributed by atoms with E-state index in [9.17, 15) is 9.59 Å². The summed E-state index contributed by atoms with van der Waals surface area (Å²) in [6.45, 7) is 10.9. The summed E-state index contributed by atoms with van der Waals surface area (Å²) in [4.78, 5) is 35.0. The molecule has 3 aromatic rings. The maximum Gasteiger partial charge on any atom is 0.311 e. The second kappa shape index (κ2) is 13.4. The number of esters is 1. The Bertz CT molecular complexity index is 1230. The Morgan fingerprint density at radius 1 is 1.03 bits per heavy atom. The Kier molecular flexibility index (Phi) is 10.0. The van der Waals surface area contributed by atoms with Gasteiger partial charge in [0.05, 0.1) is 30.6 Å². The minimum absolute atomic E-state index is 0.180. The number of hydrogen-bond acceptors (Lipinski definition) is 9. The fraction of sp³-hybridized carbons (Fsp3) is 0.407. The smallest absolute Gasteiger partial charge is 0.311 e. The van der Waals surface area contributed by atoms with E-state index in [0.717, 1.165) is 26.1 Å². The van der Waals surface area contributed by atoms with E-state index in [1.54, 1.807) is 38.3 Å².